The van der Waals surface area contributed by atoms with Crippen molar-refractivity contribution in [2.75, 3.05) is 0 Å². The number of carbonyl (C=O) groups excluding carboxylic acids is 1. The highest BCUT2D eigenvalue weighted by Crippen LogP contribution is 2.52. The molecule has 2 aliphatic rings. The van der Waals surface area contributed by atoms with E-state index in [-0.39, 0.29) is 11.3 Å². The number of amides is 1. The molecule has 1 saturated carbocycles. The van der Waals surface area contributed by atoms with Gasteiger partial charge in [-0.3, -0.25) is 14.8 Å². The number of aliphatic hydroxyl groups is 1. The molecular formula is C18H19N3O3. The summed E-state index contributed by atoms with van der Waals surface area (Å²) < 4.78 is 6.27. The number of aromatic nitrogens is 2. The summed E-state index contributed by atoms with van der Waals surface area (Å²) in [5.41, 5.74) is 7.84. The summed E-state index contributed by atoms with van der Waals surface area (Å²) >= 11 is 0. The smallest absolute Gasteiger partial charge is 0.267 e. The molecule has 0 radical (unpaired) electrons. The molecule has 2 aromatic heterocycles. The number of rotatable bonds is 3. The Morgan fingerprint density at radius 1 is 1.33 bits per heavy atom. The number of ether oxygens (including phenoxy) is 1. The van der Waals surface area contributed by atoms with Crippen LogP contribution in [0.2, 0.25) is 0 Å². The fraction of sp³-hybridized carbons (Fsp3) is 0.389. The molecule has 2 fully saturated rings. The van der Waals surface area contributed by atoms with Crippen LogP contribution in [0.4, 0.5) is 0 Å². The standard InChI is InChI=1S/C18H19N3O3/c19-17(23)16-15(14-8-12(22)9-18(24-14)4-5-18)13(3-7-21-16)11-2-1-6-20-10-11/h1-3,6-7,10,12,14,22H,4-5,8-9H2,(H2,19,23). The SMILES string of the molecule is NC(=O)c1nccc(-c2cccnc2)c1C1CC(O)CC2(CC2)O1. The average Bonchev–Trinajstić information content (AvgIpc) is 3.32. The van der Waals surface area contributed by atoms with E-state index in [9.17, 15) is 9.90 Å². The van der Waals surface area contributed by atoms with Gasteiger partial charge in [0.25, 0.3) is 5.91 Å². The van der Waals surface area contributed by atoms with Crippen molar-refractivity contribution in [3.63, 3.8) is 0 Å². The summed E-state index contributed by atoms with van der Waals surface area (Å²) in [6.45, 7) is 0. The van der Waals surface area contributed by atoms with Crippen molar-refractivity contribution in [3.05, 3.63) is 48.0 Å². The first kappa shape index (κ1) is 15.2. The molecule has 1 amide bonds. The van der Waals surface area contributed by atoms with Crippen molar-refractivity contribution in [2.24, 2.45) is 5.73 Å². The number of pyridine rings is 2. The van der Waals surface area contributed by atoms with Crippen LogP contribution in [0, 0.1) is 0 Å². The number of primary amides is 1. The number of carbonyl (C=O) groups is 1. The lowest BCUT2D eigenvalue weighted by Gasteiger charge is -2.35. The van der Waals surface area contributed by atoms with Gasteiger partial charge in [0.05, 0.1) is 17.8 Å². The third kappa shape index (κ3) is 2.68. The van der Waals surface area contributed by atoms with Gasteiger partial charge in [0.15, 0.2) is 0 Å². The maximum Gasteiger partial charge on any atom is 0.267 e. The molecule has 6 heteroatoms. The molecule has 0 aromatic carbocycles. The van der Waals surface area contributed by atoms with Gasteiger partial charge >= 0.3 is 0 Å². The molecule has 3 N–H and O–H groups in total. The number of hydrogen-bond donors (Lipinski definition) is 2. The molecule has 124 valence electrons. The summed E-state index contributed by atoms with van der Waals surface area (Å²) in [6, 6.07) is 5.59. The molecule has 1 saturated heterocycles. The van der Waals surface area contributed by atoms with E-state index in [0.29, 0.717) is 18.4 Å². The fourth-order valence-corrected chi connectivity index (χ4v) is 3.57. The van der Waals surface area contributed by atoms with Crippen LogP contribution >= 0.6 is 0 Å². The Hall–Kier alpha value is -2.31. The molecule has 2 aromatic rings. The highest BCUT2D eigenvalue weighted by molar-refractivity contribution is 5.94. The number of aliphatic hydroxyl groups excluding tert-OH is 1. The number of nitrogens with two attached hydrogens (primary N) is 1. The second-order valence-corrected chi connectivity index (χ2v) is 6.61. The number of hydrogen-bond acceptors (Lipinski definition) is 5. The Morgan fingerprint density at radius 3 is 2.83 bits per heavy atom. The minimum absolute atomic E-state index is 0.200. The minimum Gasteiger partial charge on any atom is -0.393 e. The molecule has 3 heterocycles. The summed E-state index contributed by atoms with van der Waals surface area (Å²) in [7, 11) is 0. The lowest BCUT2D eigenvalue weighted by molar-refractivity contribution is -0.113. The van der Waals surface area contributed by atoms with Crippen LogP contribution in [0.3, 0.4) is 0 Å². The first-order valence-corrected chi connectivity index (χ1v) is 8.13. The third-order valence-electron chi connectivity index (χ3n) is 4.81. The van der Waals surface area contributed by atoms with Crippen LogP contribution in [0.25, 0.3) is 11.1 Å². The van der Waals surface area contributed by atoms with Gasteiger partial charge in [0.1, 0.15) is 5.69 Å². The van der Waals surface area contributed by atoms with Crippen molar-refractivity contribution in [1.82, 2.24) is 9.97 Å². The lowest BCUT2D eigenvalue weighted by atomic mass is 9.89. The molecule has 4 rings (SSSR count). The molecule has 1 spiro atoms. The van der Waals surface area contributed by atoms with Gasteiger partial charge in [-0.25, -0.2) is 0 Å². The Kier molecular flexibility index (Phi) is 3.58. The molecule has 1 aliphatic heterocycles. The molecular weight excluding hydrogens is 306 g/mol. The largest absolute Gasteiger partial charge is 0.393 e. The Morgan fingerprint density at radius 2 is 2.17 bits per heavy atom. The molecule has 2 atom stereocenters. The molecule has 2 unspecified atom stereocenters. The van der Waals surface area contributed by atoms with Gasteiger partial charge < -0.3 is 15.6 Å². The first-order valence-electron chi connectivity index (χ1n) is 8.13. The second-order valence-electron chi connectivity index (χ2n) is 6.61. The monoisotopic (exact) mass is 325 g/mol. The van der Waals surface area contributed by atoms with Gasteiger partial charge in [0.2, 0.25) is 0 Å². The van der Waals surface area contributed by atoms with Gasteiger partial charge in [-0.05, 0) is 30.5 Å². The molecule has 6 nitrogen and oxygen atoms in total. The van der Waals surface area contributed by atoms with Gasteiger partial charge in [-0.1, -0.05) is 6.07 Å². The van der Waals surface area contributed by atoms with Gasteiger partial charge in [-0.2, -0.15) is 0 Å². The normalized spacial score (nSPS) is 24.7. The topological polar surface area (TPSA) is 98.3 Å². The average molecular weight is 325 g/mol. The lowest BCUT2D eigenvalue weighted by Crippen LogP contribution is -2.34. The van der Waals surface area contributed by atoms with E-state index >= 15 is 0 Å². The Bertz CT molecular complexity index is 774. The summed E-state index contributed by atoms with van der Waals surface area (Å²) in [6.07, 6.45) is 7.10. The zero-order chi connectivity index (χ0) is 16.7. The predicted molar refractivity (Wildman–Crippen MR) is 87.0 cm³/mol. The van der Waals surface area contributed by atoms with E-state index in [1.54, 1.807) is 18.6 Å². The molecule has 1 aliphatic carbocycles. The van der Waals surface area contributed by atoms with Crippen LogP contribution in [0.5, 0.6) is 0 Å². The Balaban J connectivity index is 1.84. The predicted octanol–water partition coefficient (Wildman–Crippen LogP) is 1.99. The summed E-state index contributed by atoms with van der Waals surface area (Å²) in [5.74, 6) is -0.593. The van der Waals surface area contributed by atoms with E-state index in [0.717, 1.165) is 24.0 Å². The Labute approximate surface area is 139 Å². The van der Waals surface area contributed by atoms with Crippen molar-refractivity contribution >= 4 is 5.91 Å². The molecule has 0 bridgehead atoms. The maximum absolute atomic E-state index is 11.9. The van der Waals surface area contributed by atoms with E-state index in [2.05, 4.69) is 9.97 Å². The zero-order valence-electron chi connectivity index (χ0n) is 13.2. The van der Waals surface area contributed by atoms with Crippen molar-refractivity contribution < 1.29 is 14.6 Å². The van der Waals surface area contributed by atoms with E-state index < -0.39 is 18.1 Å². The highest BCUT2D eigenvalue weighted by Gasteiger charge is 2.51. The van der Waals surface area contributed by atoms with E-state index in [1.807, 2.05) is 18.2 Å². The van der Waals surface area contributed by atoms with Gasteiger partial charge in [-0.15, -0.1) is 0 Å². The second kappa shape index (κ2) is 5.65. The number of nitrogens with zero attached hydrogens (tertiary/aromatic N) is 2. The molecule has 24 heavy (non-hydrogen) atoms. The van der Waals surface area contributed by atoms with Crippen LogP contribution in [-0.2, 0) is 4.74 Å². The zero-order valence-corrected chi connectivity index (χ0v) is 13.2. The summed E-state index contributed by atoms with van der Waals surface area (Å²) in [5, 5.41) is 10.3. The fourth-order valence-electron chi connectivity index (χ4n) is 3.57. The van der Waals surface area contributed by atoms with Crippen LogP contribution in [-0.4, -0.2) is 32.7 Å². The quantitative estimate of drug-likeness (QED) is 0.899. The summed E-state index contributed by atoms with van der Waals surface area (Å²) in [4.78, 5) is 20.3. The van der Waals surface area contributed by atoms with Crippen LogP contribution in [0.1, 0.15) is 47.8 Å². The van der Waals surface area contributed by atoms with Crippen molar-refractivity contribution in [2.45, 2.75) is 43.5 Å². The van der Waals surface area contributed by atoms with E-state index in [4.69, 9.17) is 10.5 Å². The third-order valence-corrected chi connectivity index (χ3v) is 4.81. The van der Waals surface area contributed by atoms with E-state index in [1.165, 1.54) is 0 Å². The van der Waals surface area contributed by atoms with Crippen LogP contribution in [0.15, 0.2) is 36.8 Å². The first-order chi connectivity index (χ1) is 11.6. The van der Waals surface area contributed by atoms with Gasteiger partial charge in [0, 0.05) is 42.6 Å². The van der Waals surface area contributed by atoms with Crippen LogP contribution < -0.4 is 5.73 Å². The minimum atomic E-state index is -0.593. The van der Waals surface area contributed by atoms with Crippen molar-refractivity contribution in [1.29, 1.82) is 0 Å². The van der Waals surface area contributed by atoms with Crippen molar-refractivity contribution in [3.8, 4) is 11.1 Å². The maximum atomic E-state index is 11.9. The highest BCUT2D eigenvalue weighted by atomic mass is 16.5.